The van der Waals surface area contributed by atoms with Gasteiger partial charge in [-0.3, -0.25) is 0 Å². The summed E-state index contributed by atoms with van der Waals surface area (Å²) in [7, 11) is 0. The summed E-state index contributed by atoms with van der Waals surface area (Å²) in [4.78, 5) is 0. The fraction of sp³-hybridized carbons (Fsp3) is 0.0769. The SMILES string of the molecule is NC(c1ccco1)(c1ccco1)c1ccco1. The average Bonchev–Trinajstić information content (AvgIpc) is 3.10. The normalized spacial score (nSPS) is 11.8. The van der Waals surface area contributed by atoms with Crippen LogP contribution in [0.4, 0.5) is 0 Å². The molecule has 3 aromatic heterocycles. The first-order chi connectivity index (χ1) is 8.32. The fourth-order valence-electron chi connectivity index (χ4n) is 1.87. The minimum Gasteiger partial charge on any atom is -0.466 e. The first-order valence-corrected chi connectivity index (χ1v) is 5.22. The van der Waals surface area contributed by atoms with Gasteiger partial charge in [0.1, 0.15) is 17.3 Å². The van der Waals surface area contributed by atoms with Crippen molar-refractivity contribution in [3.05, 3.63) is 72.5 Å². The van der Waals surface area contributed by atoms with E-state index in [-0.39, 0.29) is 0 Å². The van der Waals surface area contributed by atoms with Crippen molar-refractivity contribution in [2.45, 2.75) is 5.54 Å². The van der Waals surface area contributed by atoms with E-state index in [2.05, 4.69) is 0 Å². The minimum absolute atomic E-state index is 0.572. The lowest BCUT2D eigenvalue weighted by Crippen LogP contribution is -2.38. The number of rotatable bonds is 3. The van der Waals surface area contributed by atoms with Gasteiger partial charge in [-0.1, -0.05) is 0 Å². The maximum Gasteiger partial charge on any atom is 0.191 e. The molecular weight excluding hydrogens is 218 g/mol. The molecule has 2 N–H and O–H groups in total. The molecule has 0 aliphatic rings. The number of hydrogen-bond acceptors (Lipinski definition) is 4. The highest BCUT2D eigenvalue weighted by Gasteiger charge is 2.40. The van der Waals surface area contributed by atoms with Gasteiger partial charge in [0.2, 0.25) is 0 Å². The molecule has 0 atom stereocenters. The van der Waals surface area contributed by atoms with Crippen LogP contribution in [0.5, 0.6) is 0 Å². The molecule has 3 rings (SSSR count). The molecule has 3 aromatic rings. The Morgan fingerprint density at radius 2 is 1.06 bits per heavy atom. The van der Waals surface area contributed by atoms with Crippen molar-refractivity contribution in [2.75, 3.05) is 0 Å². The summed E-state index contributed by atoms with van der Waals surface area (Å²) in [5.74, 6) is 1.72. The lowest BCUT2D eigenvalue weighted by molar-refractivity contribution is 0.323. The van der Waals surface area contributed by atoms with Gasteiger partial charge in [0.15, 0.2) is 5.54 Å². The predicted octanol–water partition coefficient (Wildman–Crippen LogP) is 2.72. The molecule has 0 radical (unpaired) electrons. The highest BCUT2D eigenvalue weighted by Crippen LogP contribution is 2.34. The van der Waals surface area contributed by atoms with Crippen LogP contribution >= 0.6 is 0 Å². The van der Waals surface area contributed by atoms with E-state index in [0.717, 1.165) is 0 Å². The molecule has 4 heteroatoms. The van der Waals surface area contributed by atoms with Crippen LogP contribution in [0.3, 0.4) is 0 Å². The zero-order valence-corrected chi connectivity index (χ0v) is 9.00. The summed E-state index contributed by atoms with van der Waals surface area (Å²) in [5.41, 5.74) is 5.38. The Labute approximate surface area is 97.6 Å². The van der Waals surface area contributed by atoms with Crippen LogP contribution in [0.1, 0.15) is 17.3 Å². The minimum atomic E-state index is -1.03. The largest absolute Gasteiger partial charge is 0.466 e. The number of furan rings is 3. The Morgan fingerprint density at radius 1 is 0.706 bits per heavy atom. The Kier molecular flexibility index (Phi) is 2.16. The molecule has 86 valence electrons. The van der Waals surface area contributed by atoms with Crippen molar-refractivity contribution < 1.29 is 13.3 Å². The molecule has 0 aliphatic carbocycles. The maximum absolute atomic E-state index is 6.41. The van der Waals surface area contributed by atoms with E-state index in [1.54, 1.807) is 55.2 Å². The van der Waals surface area contributed by atoms with Crippen LogP contribution in [-0.4, -0.2) is 0 Å². The van der Waals surface area contributed by atoms with Crippen LogP contribution in [0.25, 0.3) is 0 Å². The van der Waals surface area contributed by atoms with Gasteiger partial charge < -0.3 is 19.0 Å². The van der Waals surface area contributed by atoms with E-state index in [9.17, 15) is 0 Å². The highest BCUT2D eigenvalue weighted by molar-refractivity contribution is 5.36. The molecule has 0 amide bonds. The van der Waals surface area contributed by atoms with Crippen LogP contribution in [0, 0.1) is 0 Å². The summed E-state index contributed by atoms with van der Waals surface area (Å²) in [6, 6.07) is 10.7. The molecule has 0 unspecified atom stereocenters. The molecule has 0 spiro atoms. The summed E-state index contributed by atoms with van der Waals surface area (Å²) in [6.07, 6.45) is 4.72. The number of nitrogens with two attached hydrogens (primary N) is 1. The predicted molar refractivity (Wildman–Crippen MR) is 60.2 cm³/mol. The summed E-state index contributed by atoms with van der Waals surface area (Å²) in [6.45, 7) is 0. The van der Waals surface area contributed by atoms with Gasteiger partial charge in [0, 0.05) is 0 Å². The van der Waals surface area contributed by atoms with Crippen LogP contribution in [-0.2, 0) is 5.54 Å². The van der Waals surface area contributed by atoms with Gasteiger partial charge in [-0.2, -0.15) is 0 Å². The van der Waals surface area contributed by atoms with Crippen LogP contribution < -0.4 is 5.73 Å². The average molecular weight is 229 g/mol. The van der Waals surface area contributed by atoms with Crippen molar-refractivity contribution in [3.8, 4) is 0 Å². The first-order valence-electron chi connectivity index (χ1n) is 5.22. The topological polar surface area (TPSA) is 65.4 Å². The quantitative estimate of drug-likeness (QED) is 0.749. The van der Waals surface area contributed by atoms with Crippen LogP contribution in [0.15, 0.2) is 68.4 Å². The van der Waals surface area contributed by atoms with Crippen molar-refractivity contribution >= 4 is 0 Å². The molecule has 0 saturated carbocycles. The second-order valence-corrected chi connectivity index (χ2v) is 3.74. The van der Waals surface area contributed by atoms with Gasteiger partial charge in [-0.15, -0.1) is 0 Å². The highest BCUT2D eigenvalue weighted by atomic mass is 16.4. The van der Waals surface area contributed by atoms with Crippen LogP contribution in [0.2, 0.25) is 0 Å². The zero-order chi connectivity index (χ0) is 11.7. The first kappa shape index (κ1) is 9.99. The third-order valence-corrected chi connectivity index (χ3v) is 2.73. The van der Waals surface area contributed by atoms with E-state index in [1.807, 2.05) is 0 Å². The van der Waals surface area contributed by atoms with Gasteiger partial charge in [0.25, 0.3) is 0 Å². The summed E-state index contributed by atoms with van der Waals surface area (Å²) < 4.78 is 16.2. The van der Waals surface area contributed by atoms with Gasteiger partial charge in [-0.05, 0) is 36.4 Å². The molecular formula is C13H11NO3. The van der Waals surface area contributed by atoms with Crippen molar-refractivity contribution in [1.82, 2.24) is 0 Å². The van der Waals surface area contributed by atoms with E-state index in [4.69, 9.17) is 19.0 Å². The van der Waals surface area contributed by atoms with E-state index in [0.29, 0.717) is 17.3 Å². The van der Waals surface area contributed by atoms with E-state index in [1.165, 1.54) is 0 Å². The second-order valence-electron chi connectivity index (χ2n) is 3.74. The van der Waals surface area contributed by atoms with Gasteiger partial charge in [-0.25, -0.2) is 0 Å². The Bertz CT molecular complexity index is 480. The summed E-state index contributed by atoms with van der Waals surface area (Å²) in [5, 5.41) is 0. The standard InChI is InChI=1S/C13H11NO3/c14-13(10-4-1-7-15-10,11-5-2-8-16-11)12-6-3-9-17-12/h1-9H,14H2. The number of hydrogen-bond donors (Lipinski definition) is 1. The monoisotopic (exact) mass is 229 g/mol. The Balaban J connectivity index is 2.21. The second kappa shape index (κ2) is 3.68. The molecule has 0 aromatic carbocycles. The molecule has 3 heterocycles. The lowest BCUT2D eigenvalue weighted by Gasteiger charge is -2.22. The Hall–Kier alpha value is -2.20. The van der Waals surface area contributed by atoms with E-state index >= 15 is 0 Å². The smallest absolute Gasteiger partial charge is 0.191 e. The van der Waals surface area contributed by atoms with Gasteiger partial charge >= 0.3 is 0 Å². The third-order valence-electron chi connectivity index (χ3n) is 2.73. The van der Waals surface area contributed by atoms with Crippen molar-refractivity contribution in [2.24, 2.45) is 5.73 Å². The maximum atomic E-state index is 6.41. The molecule has 4 nitrogen and oxygen atoms in total. The fourth-order valence-corrected chi connectivity index (χ4v) is 1.87. The third kappa shape index (κ3) is 1.42. The molecule has 0 bridgehead atoms. The zero-order valence-electron chi connectivity index (χ0n) is 9.00. The molecule has 17 heavy (non-hydrogen) atoms. The molecule has 0 fully saturated rings. The molecule has 0 saturated heterocycles. The summed E-state index contributed by atoms with van der Waals surface area (Å²) >= 11 is 0. The Morgan fingerprint density at radius 3 is 1.29 bits per heavy atom. The lowest BCUT2D eigenvalue weighted by atomic mass is 9.91. The van der Waals surface area contributed by atoms with Crippen molar-refractivity contribution in [3.63, 3.8) is 0 Å². The van der Waals surface area contributed by atoms with Crippen molar-refractivity contribution in [1.29, 1.82) is 0 Å². The van der Waals surface area contributed by atoms with E-state index < -0.39 is 5.54 Å². The van der Waals surface area contributed by atoms with Gasteiger partial charge in [0.05, 0.1) is 18.8 Å². The molecule has 0 aliphatic heterocycles.